The van der Waals surface area contributed by atoms with E-state index in [9.17, 15) is 4.79 Å². The highest BCUT2D eigenvalue weighted by molar-refractivity contribution is 5.94. The van der Waals surface area contributed by atoms with Crippen molar-refractivity contribution in [1.82, 2.24) is 14.7 Å². The predicted octanol–water partition coefficient (Wildman–Crippen LogP) is 3.51. The van der Waals surface area contributed by atoms with E-state index < -0.39 is 0 Å². The standard InChI is InChI=1S/C20H27N3O3/c1-22(14-8-6-5-7-9-14)20(24)18-13-17(21-23(18)2)16-11-10-15(25-3)12-19(16)26-4/h10-14H,5-9H2,1-4H3. The quantitative estimate of drug-likeness (QED) is 0.822. The lowest BCUT2D eigenvalue weighted by Crippen LogP contribution is -2.39. The molecule has 0 atom stereocenters. The second kappa shape index (κ2) is 7.81. The van der Waals surface area contributed by atoms with Crippen LogP contribution in [0.1, 0.15) is 42.6 Å². The first-order valence-electron chi connectivity index (χ1n) is 9.08. The molecule has 1 saturated carbocycles. The van der Waals surface area contributed by atoms with Gasteiger partial charge in [0.05, 0.1) is 19.9 Å². The fourth-order valence-electron chi connectivity index (χ4n) is 3.62. The van der Waals surface area contributed by atoms with Crippen molar-refractivity contribution < 1.29 is 14.3 Å². The molecule has 0 bridgehead atoms. The van der Waals surface area contributed by atoms with Gasteiger partial charge < -0.3 is 14.4 Å². The van der Waals surface area contributed by atoms with E-state index in [1.807, 2.05) is 36.2 Å². The molecular weight excluding hydrogens is 330 g/mol. The number of carbonyl (C=O) groups is 1. The largest absolute Gasteiger partial charge is 0.497 e. The van der Waals surface area contributed by atoms with Crippen molar-refractivity contribution in [2.75, 3.05) is 21.3 Å². The van der Waals surface area contributed by atoms with Crippen LogP contribution in [0, 0.1) is 0 Å². The van der Waals surface area contributed by atoms with E-state index in [0.29, 0.717) is 23.2 Å². The Balaban J connectivity index is 1.88. The molecule has 26 heavy (non-hydrogen) atoms. The zero-order valence-corrected chi connectivity index (χ0v) is 16.0. The van der Waals surface area contributed by atoms with E-state index in [0.717, 1.165) is 24.2 Å². The molecule has 0 radical (unpaired) electrons. The van der Waals surface area contributed by atoms with Crippen molar-refractivity contribution in [3.63, 3.8) is 0 Å². The van der Waals surface area contributed by atoms with Crippen molar-refractivity contribution in [2.24, 2.45) is 7.05 Å². The summed E-state index contributed by atoms with van der Waals surface area (Å²) in [6, 6.07) is 7.75. The van der Waals surface area contributed by atoms with E-state index in [-0.39, 0.29) is 5.91 Å². The summed E-state index contributed by atoms with van der Waals surface area (Å²) < 4.78 is 12.4. The van der Waals surface area contributed by atoms with E-state index in [2.05, 4.69) is 5.10 Å². The lowest BCUT2D eigenvalue weighted by Gasteiger charge is -2.31. The molecule has 140 valence electrons. The summed E-state index contributed by atoms with van der Waals surface area (Å²) in [6.45, 7) is 0. The molecular formula is C20H27N3O3. The first-order valence-corrected chi connectivity index (χ1v) is 9.08. The number of methoxy groups -OCH3 is 2. The number of carbonyl (C=O) groups excluding carboxylic acids is 1. The Labute approximate surface area is 154 Å². The summed E-state index contributed by atoms with van der Waals surface area (Å²) >= 11 is 0. The highest BCUT2D eigenvalue weighted by atomic mass is 16.5. The van der Waals surface area contributed by atoms with E-state index in [1.165, 1.54) is 19.3 Å². The molecule has 0 N–H and O–H groups in total. The van der Waals surface area contributed by atoms with Crippen molar-refractivity contribution in [1.29, 1.82) is 0 Å². The van der Waals surface area contributed by atoms with Crippen molar-refractivity contribution in [2.45, 2.75) is 38.1 Å². The summed E-state index contributed by atoms with van der Waals surface area (Å²) in [7, 11) is 6.94. The SMILES string of the molecule is COc1ccc(-c2cc(C(=O)N(C)C3CCCCC3)n(C)n2)c(OC)c1. The highest BCUT2D eigenvalue weighted by Gasteiger charge is 2.26. The molecule has 3 rings (SSSR count). The molecule has 0 unspecified atom stereocenters. The van der Waals surface area contributed by atoms with Gasteiger partial charge in [-0.2, -0.15) is 5.10 Å². The molecule has 0 spiro atoms. The second-order valence-corrected chi connectivity index (χ2v) is 6.81. The monoisotopic (exact) mass is 357 g/mol. The number of amides is 1. The molecule has 1 amide bonds. The average molecular weight is 357 g/mol. The number of hydrogen-bond acceptors (Lipinski definition) is 4. The molecule has 1 aromatic heterocycles. The van der Waals surface area contributed by atoms with Crippen LogP contribution >= 0.6 is 0 Å². The van der Waals surface area contributed by atoms with Gasteiger partial charge >= 0.3 is 0 Å². The minimum Gasteiger partial charge on any atom is -0.497 e. The van der Waals surface area contributed by atoms with Gasteiger partial charge in [0, 0.05) is 31.8 Å². The minimum absolute atomic E-state index is 0.0191. The smallest absolute Gasteiger partial charge is 0.272 e. The normalized spacial score (nSPS) is 14.9. The van der Waals surface area contributed by atoms with Crippen molar-refractivity contribution >= 4 is 5.91 Å². The second-order valence-electron chi connectivity index (χ2n) is 6.81. The van der Waals surface area contributed by atoms with Gasteiger partial charge in [0.1, 0.15) is 17.2 Å². The summed E-state index contributed by atoms with van der Waals surface area (Å²) in [6.07, 6.45) is 5.83. The Kier molecular flexibility index (Phi) is 5.49. The van der Waals surface area contributed by atoms with Crippen LogP contribution in [-0.2, 0) is 7.05 Å². The maximum atomic E-state index is 13.0. The fourth-order valence-corrected chi connectivity index (χ4v) is 3.62. The van der Waals surface area contributed by atoms with Crippen LogP contribution in [0.4, 0.5) is 0 Å². The maximum absolute atomic E-state index is 13.0. The molecule has 2 aromatic rings. The third-order valence-electron chi connectivity index (χ3n) is 5.23. The van der Waals surface area contributed by atoms with Crippen LogP contribution in [0.3, 0.4) is 0 Å². The lowest BCUT2D eigenvalue weighted by molar-refractivity contribution is 0.0685. The number of aryl methyl sites for hydroxylation is 1. The summed E-state index contributed by atoms with van der Waals surface area (Å²) in [5.74, 6) is 1.41. The molecule has 6 nitrogen and oxygen atoms in total. The number of benzene rings is 1. The fraction of sp³-hybridized carbons (Fsp3) is 0.500. The van der Waals surface area contributed by atoms with Crippen molar-refractivity contribution in [3.05, 3.63) is 30.0 Å². The van der Waals surface area contributed by atoms with Crippen LogP contribution < -0.4 is 9.47 Å². The Hall–Kier alpha value is -2.50. The van der Waals surface area contributed by atoms with Gasteiger partial charge in [0.25, 0.3) is 5.91 Å². The highest BCUT2D eigenvalue weighted by Crippen LogP contribution is 2.33. The Morgan fingerprint density at radius 1 is 1.15 bits per heavy atom. The van der Waals surface area contributed by atoms with Gasteiger partial charge in [-0.15, -0.1) is 0 Å². The number of nitrogens with zero attached hydrogens (tertiary/aromatic N) is 3. The minimum atomic E-state index is 0.0191. The number of hydrogen-bond donors (Lipinski definition) is 0. The molecule has 1 aromatic carbocycles. The predicted molar refractivity (Wildman–Crippen MR) is 101 cm³/mol. The summed E-state index contributed by atoms with van der Waals surface area (Å²) in [4.78, 5) is 14.9. The van der Waals surface area contributed by atoms with Crippen LogP contribution in [0.25, 0.3) is 11.3 Å². The number of aromatic nitrogens is 2. The number of ether oxygens (including phenoxy) is 2. The first kappa shape index (κ1) is 18.3. The number of rotatable bonds is 5. The molecule has 0 aliphatic heterocycles. The van der Waals surface area contributed by atoms with Crippen LogP contribution in [0.2, 0.25) is 0 Å². The van der Waals surface area contributed by atoms with Gasteiger partial charge in [0.2, 0.25) is 0 Å². The molecule has 1 heterocycles. The van der Waals surface area contributed by atoms with Gasteiger partial charge in [-0.05, 0) is 31.0 Å². The Morgan fingerprint density at radius 3 is 2.54 bits per heavy atom. The molecule has 1 aliphatic carbocycles. The van der Waals surface area contributed by atoms with Gasteiger partial charge in [0.15, 0.2) is 0 Å². The average Bonchev–Trinajstić information content (AvgIpc) is 3.08. The Morgan fingerprint density at radius 2 is 1.88 bits per heavy atom. The summed E-state index contributed by atoms with van der Waals surface area (Å²) in [5.41, 5.74) is 2.14. The third-order valence-corrected chi connectivity index (χ3v) is 5.23. The topological polar surface area (TPSA) is 56.6 Å². The molecule has 1 aliphatic rings. The van der Waals surface area contributed by atoms with E-state index in [1.54, 1.807) is 25.9 Å². The van der Waals surface area contributed by atoms with Gasteiger partial charge in [-0.1, -0.05) is 19.3 Å². The van der Waals surface area contributed by atoms with Crippen molar-refractivity contribution in [3.8, 4) is 22.8 Å². The van der Waals surface area contributed by atoms with E-state index >= 15 is 0 Å². The zero-order chi connectivity index (χ0) is 18.7. The molecule has 1 fully saturated rings. The van der Waals surface area contributed by atoms with Crippen LogP contribution in [0.5, 0.6) is 11.5 Å². The van der Waals surface area contributed by atoms with Crippen LogP contribution in [0.15, 0.2) is 24.3 Å². The lowest BCUT2D eigenvalue weighted by atomic mass is 9.94. The van der Waals surface area contributed by atoms with Gasteiger partial charge in [-0.3, -0.25) is 9.48 Å². The third kappa shape index (κ3) is 3.54. The zero-order valence-electron chi connectivity index (χ0n) is 16.0. The summed E-state index contributed by atoms with van der Waals surface area (Å²) in [5, 5.41) is 4.54. The maximum Gasteiger partial charge on any atom is 0.272 e. The molecule has 0 saturated heterocycles. The van der Waals surface area contributed by atoms with E-state index in [4.69, 9.17) is 9.47 Å². The van der Waals surface area contributed by atoms with Gasteiger partial charge in [-0.25, -0.2) is 0 Å². The molecule has 6 heteroatoms. The van der Waals surface area contributed by atoms with Crippen LogP contribution in [-0.4, -0.2) is 47.9 Å². The Bertz CT molecular complexity index is 779. The first-order chi connectivity index (χ1) is 12.5.